The third kappa shape index (κ3) is 4.74. The summed E-state index contributed by atoms with van der Waals surface area (Å²) in [4.78, 5) is 22.1. The van der Waals surface area contributed by atoms with Gasteiger partial charge in [-0.2, -0.15) is 0 Å². The SMILES string of the molecule is O=C(COC(=O)CBr)Cc1ccccc1. The van der Waals surface area contributed by atoms with E-state index in [4.69, 9.17) is 0 Å². The molecule has 0 bridgehead atoms. The second-order valence-electron chi connectivity index (χ2n) is 3.00. The number of alkyl halides is 1. The van der Waals surface area contributed by atoms with Crippen LogP contribution < -0.4 is 0 Å². The number of ketones is 1. The molecule has 1 aromatic carbocycles. The maximum absolute atomic E-state index is 11.3. The van der Waals surface area contributed by atoms with E-state index in [1.54, 1.807) is 0 Å². The standard InChI is InChI=1S/C11H11BrO3/c12-7-11(14)15-8-10(13)6-9-4-2-1-3-5-9/h1-5H,6-8H2. The van der Waals surface area contributed by atoms with Crippen LogP contribution in [0.3, 0.4) is 0 Å². The molecule has 0 spiro atoms. The van der Waals surface area contributed by atoms with E-state index in [1.165, 1.54) is 0 Å². The topological polar surface area (TPSA) is 43.4 Å². The van der Waals surface area contributed by atoms with Crippen LogP contribution in [-0.4, -0.2) is 23.7 Å². The highest BCUT2D eigenvalue weighted by molar-refractivity contribution is 9.09. The van der Waals surface area contributed by atoms with Gasteiger partial charge in [-0.15, -0.1) is 0 Å². The van der Waals surface area contributed by atoms with Crippen LogP contribution in [0.4, 0.5) is 0 Å². The Morgan fingerprint density at radius 2 is 1.87 bits per heavy atom. The molecule has 3 nitrogen and oxygen atoms in total. The van der Waals surface area contributed by atoms with E-state index >= 15 is 0 Å². The van der Waals surface area contributed by atoms with Gasteiger partial charge in [0.1, 0.15) is 11.9 Å². The molecule has 0 unspecified atom stereocenters. The molecule has 1 rings (SSSR count). The normalized spacial score (nSPS) is 9.67. The van der Waals surface area contributed by atoms with Crippen LogP contribution >= 0.6 is 15.9 Å². The molecule has 0 aliphatic rings. The molecule has 0 heterocycles. The first kappa shape index (κ1) is 11.9. The van der Waals surface area contributed by atoms with Crippen molar-refractivity contribution in [3.05, 3.63) is 35.9 Å². The fourth-order valence-electron chi connectivity index (χ4n) is 1.07. The monoisotopic (exact) mass is 270 g/mol. The van der Waals surface area contributed by atoms with Crippen LogP contribution in [0.1, 0.15) is 5.56 Å². The molecule has 0 fully saturated rings. The van der Waals surface area contributed by atoms with Gasteiger partial charge in [0.2, 0.25) is 0 Å². The Balaban J connectivity index is 2.34. The highest BCUT2D eigenvalue weighted by atomic mass is 79.9. The Bertz CT molecular complexity index is 335. The van der Waals surface area contributed by atoms with E-state index in [0.717, 1.165) is 5.56 Å². The molecule has 0 saturated carbocycles. The number of Topliss-reactive ketones (excluding diaryl/α,β-unsaturated/α-hetero) is 1. The number of rotatable bonds is 5. The first-order chi connectivity index (χ1) is 7.22. The summed E-state index contributed by atoms with van der Waals surface area (Å²) in [6, 6.07) is 9.35. The summed E-state index contributed by atoms with van der Waals surface area (Å²) >= 11 is 2.95. The van der Waals surface area contributed by atoms with Crippen molar-refractivity contribution in [3.8, 4) is 0 Å². The summed E-state index contributed by atoms with van der Waals surface area (Å²) in [7, 11) is 0. The minimum absolute atomic E-state index is 0.101. The minimum atomic E-state index is -0.420. The maximum Gasteiger partial charge on any atom is 0.316 e. The van der Waals surface area contributed by atoms with Crippen molar-refractivity contribution in [1.82, 2.24) is 0 Å². The molecule has 4 heteroatoms. The fourth-order valence-corrected chi connectivity index (χ4v) is 1.24. The van der Waals surface area contributed by atoms with E-state index in [0.29, 0.717) is 6.42 Å². The summed E-state index contributed by atoms with van der Waals surface area (Å²) < 4.78 is 4.69. The first-order valence-electron chi connectivity index (χ1n) is 4.49. The number of carbonyl (C=O) groups excluding carboxylic acids is 2. The Morgan fingerprint density at radius 3 is 2.47 bits per heavy atom. The molecule has 0 saturated heterocycles. The highest BCUT2D eigenvalue weighted by Crippen LogP contribution is 2.00. The molecular formula is C11H11BrO3. The van der Waals surface area contributed by atoms with Crippen molar-refractivity contribution in [2.24, 2.45) is 0 Å². The van der Waals surface area contributed by atoms with Gasteiger partial charge >= 0.3 is 5.97 Å². The number of halogens is 1. The van der Waals surface area contributed by atoms with Crippen molar-refractivity contribution >= 4 is 27.7 Å². The number of esters is 1. The Hall–Kier alpha value is -1.16. The predicted molar refractivity (Wildman–Crippen MR) is 59.9 cm³/mol. The van der Waals surface area contributed by atoms with Crippen molar-refractivity contribution < 1.29 is 14.3 Å². The molecule has 0 aromatic heterocycles. The van der Waals surface area contributed by atoms with Gasteiger partial charge in [0, 0.05) is 6.42 Å². The lowest BCUT2D eigenvalue weighted by molar-refractivity contribution is -0.145. The lowest BCUT2D eigenvalue weighted by atomic mass is 10.1. The van der Waals surface area contributed by atoms with Crippen molar-refractivity contribution in [2.75, 3.05) is 11.9 Å². The zero-order valence-electron chi connectivity index (χ0n) is 8.11. The zero-order valence-corrected chi connectivity index (χ0v) is 9.70. The maximum atomic E-state index is 11.3. The van der Waals surface area contributed by atoms with E-state index < -0.39 is 5.97 Å². The van der Waals surface area contributed by atoms with Gasteiger partial charge in [0.05, 0.1) is 0 Å². The lowest BCUT2D eigenvalue weighted by Crippen LogP contribution is -2.16. The van der Waals surface area contributed by atoms with E-state index in [9.17, 15) is 9.59 Å². The van der Waals surface area contributed by atoms with Crippen LogP contribution in [0.2, 0.25) is 0 Å². The van der Waals surface area contributed by atoms with Gasteiger partial charge in [-0.25, -0.2) is 0 Å². The van der Waals surface area contributed by atoms with Gasteiger partial charge < -0.3 is 4.74 Å². The number of benzene rings is 1. The second kappa shape index (κ2) is 6.35. The molecule has 0 radical (unpaired) electrons. The molecule has 0 atom stereocenters. The average Bonchev–Trinajstić information content (AvgIpc) is 2.27. The summed E-state index contributed by atoms with van der Waals surface area (Å²) in [6.07, 6.45) is 0.302. The smallest absolute Gasteiger partial charge is 0.316 e. The Kier molecular flexibility index (Phi) is 5.04. The lowest BCUT2D eigenvalue weighted by Gasteiger charge is -2.02. The van der Waals surface area contributed by atoms with E-state index in [1.807, 2.05) is 30.3 Å². The van der Waals surface area contributed by atoms with Crippen LogP contribution in [0.25, 0.3) is 0 Å². The van der Waals surface area contributed by atoms with Gasteiger partial charge in [-0.3, -0.25) is 9.59 Å². The molecule has 0 amide bonds. The number of carbonyl (C=O) groups is 2. The van der Waals surface area contributed by atoms with E-state index in [2.05, 4.69) is 20.7 Å². The molecule has 15 heavy (non-hydrogen) atoms. The number of ether oxygens (including phenoxy) is 1. The summed E-state index contributed by atoms with van der Waals surface area (Å²) in [5, 5.41) is 0.117. The van der Waals surface area contributed by atoms with Gasteiger partial charge in [0.25, 0.3) is 0 Å². The molecule has 0 N–H and O–H groups in total. The summed E-state index contributed by atoms with van der Waals surface area (Å²) in [6.45, 7) is -0.153. The highest BCUT2D eigenvalue weighted by Gasteiger charge is 2.06. The third-order valence-electron chi connectivity index (χ3n) is 1.75. The van der Waals surface area contributed by atoms with Crippen molar-refractivity contribution in [3.63, 3.8) is 0 Å². The second-order valence-corrected chi connectivity index (χ2v) is 3.56. The van der Waals surface area contributed by atoms with Gasteiger partial charge in [-0.05, 0) is 5.56 Å². The van der Waals surface area contributed by atoms with Crippen LogP contribution in [0.15, 0.2) is 30.3 Å². The Labute approximate surface area is 96.6 Å². The molecular weight excluding hydrogens is 260 g/mol. The molecule has 1 aromatic rings. The molecule has 80 valence electrons. The van der Waals surface area contributed by atoms with Gasteiger partial charge in [0.15, 0.2) is 5.78 Å². The van der Waals surface area contributed by atoms with Crippen LogP contribution in [0, 0.1) is 0 Å². The summed E-state index contributed by atoms with van der Waals surface area (Å²) in [5.41, 5.74) is 0.928. The molecule has 0 aliphatic heterocycles. The minimum Gasteiger partial charge on any atom is -0.457 e. The first-order valence-corrected chi connectivity index (χ1v) is 5.61. The number of hydrogen-bond donors (Lipinski definition) is 0. The molecule has 0 aliphatic carbocycles. The predicted octanol–water partition coefficient (Wildman–Crippen LogP) is 1.74. The van der Waals surface area contributed by atoms with E-state index in [-0.39, 0.29) is 17.7 Å². The zero-order chi connectivity index (χ0) is 11.1. The summed E-state index contributed by atoms with van der Waals surface area (Å²) in [5.74, 6) is -0.521. The van der Waals surface area contributed by atoms with Crippen molar-refractivity contribution in [1.29, 1.82) is 0 Å². The number of hydrogen-bond acceptors (Lipinski definition) is 3. The fraction of sp³-hybridized carbons (Fsp3) is 0.273. The quantitative estimate of drug-likeness (QED) is 0.605. The van der Waals surface area contributed by atoms with Crippen molar-refractivity contribution in [2.45, 2.75) is 6.42 Å². The van der Waals surface area contributed by atoms with Crippen LogP contribution in [0.5, 0.6) is 0 Å². The van der Waals surface area contributed by atoms with Crippen LogP contribution in [-0.2, 0) is 20.7 Å². The Morgan fingerprint density at radius 1 is 1.20 bits per heavy atom. The average molecular weight is 271 g/mol. The van der Waals surface area contributed by atoms with Gasteiger partial charge in [-0.1, -0.05) is 46.3 Å². The largest absolute Gasteiger partial charge is 0.457 e. The third-order valence-corrected chi connectivity index (χ3v) is 2.21.